The SMILES string of the molecule is CCN(CC)C(CNC(=O)c1cc(NC(C)=O)cc(NC(C)=O)c1)c1ccccc1Cl. The Labute approximate surface area is 188 Å². The van der Waals surface area contributed by atoms with Crippen molar-refractivity contribution in [3.8, 4) is 0 Å². The number of hydrogen-bond acceptors (Lipinski definition) is 4. The molecule has 3 N–H and O–H groups in total. The van der Waals surface area contributed by atoms with Crippen molar-refractivity contribution in [1.29, 1.82) is 0 Å². The summed E-state index contributed by atoms with van der Waals surface area (Å²) < 4.78 is 0. The van der Waals surface area contributed by atoms with Gasteiger partial charge in [-0.1, -0.05) is 43.6 Å². The second-order valence-corrected chi connectivity index (χ2v) is 7.54. The van der Waals surface area contributed by atoms with Crippen LogP contribution >= 0.6 is 11.6 Å². The van der Waals surface area contributed by atoms with E-state index in [9.17, 15) is 14.4 Å². The molecule has 0 saturated carbocycles. The lowest BCUT2D eigenvalue weighted by molar-refractivity contribution is -0.115. The molecular weight excluding hydrogens is 416 g/mol. The van der Waals surface area contributed by atoms with Crippen LogP contribution in [0, 0.1) is 0 Å². The van der Waals surface area contributed by atoms with Crippen molar-refractivity contribution in [2.45, 2.75) is 33.7 Å². The number of nitrogens with one attached hydrogen (secondary N) is 3. The molecule has 0 spiro atoms. The van der Waals surface area contributed by atoms with Crippen LogP contribution in [0.2, 0.25) is 5.02 Å². The summed E-state index contributed by atoms with van der Waals surface area (Å²) in [6, 6.07) is 12.3. The lowest BCUT2D eigenvalue weighted by Gasteiger charge is -2.31. The molecule has 2 aromatic carbocycles. The Morgan fingerprint density at radius 3 is 1.97 bits per heavy atom. The molecule has 3 amide bonds. The highest BCUT2D eigenvalue weighted by Crippen LogP contribution is 2.27. The highest BCUT2D eigenvalue weighted by atomic mass is 35.5. The monoisotopic (exact) mass is 444 g/mol. The first-order valence-electron chi connectivity index (χ1n) is 10.2. The maximum Gasteiger partial charge on any atom is 0.251 e. The Kier molecular flexibility index (Phi) is 9.03. The highest BCUT2D eigenvalue weighted by molar-refractivity contribution is 6.31. The van der Waals surface area contributed by atoms with Gasteiger partial charge in [-0.15, -0.1) is 0 Å². The lowest BCUT2D eigenvalue weighted by Crippen LogP contribution is -2.38. The third-order valence-corrected chi connectivity index (χ3v) is 5.15. The molecule has 2 rings (SSSR count). The number of rotatable bonds is 9. The molecule has 0 fully saturated rings. The Morgan fingerprint density at radius 1 is 0.935 bits per heavy atom. The Balaban J connectivity index is 2.28. The third kappa shape index (κ3) is 7.08. The van der Waals surface area contributed by atoms with Gasteiger partial charge in [-0.3, -0.25) is 19.3 Å². The maximum absolute atomic E-state index is 13.0. The van der Waals surface area contributed by atoms with Crippen LogP contribution in [0.1, 0.15) is 49.7 Å². The molecule has 0 aliphatic heterocycles. The number of nitrogens with zero attached hydrogens (tertiary/aromatic N) is 1. The van der Waals surface area contributed by atoms with E-state index in [1.54, 1.807) is 18.2 Å². The third-order valence-electron chi connectivity index (χ3n) is 4.81. The molecule has 2 aromatic rings. The molecule has 0 aliphatic carbocycles. The van der Waals surface area contributed by atoms with Crippen molar-refractivity contribution < 1.29 is 14.4 Å². The summed E-state index contributed by atoms with van der Waals surface area (Å²) in [7, 11) is 0. The van der Waals surface area contributed by atoms with Crippen molar-refractivity contribution in [1.82, 2.24) is 10.2 Å². The summed E-state index contributed by atoms with van der Waals surface area (Å²) in [5.74, 6) is -0.860. The average Bonchev–Trinajstić information content (AvgIpc) is 2.70. The number of carbonyl (C=O) groups excluding carboxylic acids is 3. The lowest BCUT2D eigenvalue weighted by atomic mass is 10.0. The van der Waals surface area contributed by atoms with Gasteiger partial charge in [0.05, 0.1) is 6.04 Å². The van der Waals surface area contributed by atoms with Gasteiger partial charge in [-0.2, -0.15) is 0 Å². The van der Waals surface area contributed by atoms with Gasteiger partial charge in [0, 0.05) is 42.4 Å². The number of hydrogen-bond donors (Lipinski definition) is 3. The van der Waals surface area contributed by atoms with E-state index in [1.807, 2.05) is 24.3 Å². The standard InChI is InChI=1S/C23H29ClN4O3/c1-5-28(6-2)22(20-9-7-8-10-21(20)24)14-25-23(31)17-11-18(26-15(3)29)13-19(12-17)27-16(4)30/h7-13,22H,5-6,14H2,1-4H3,(H,25,31)(H,26,29)(H,27,30). The molecule has 0 aromatic heterocycles. The zero-order valence-corrected chi connectivity index (χ0v) is 19.0. The van der Waals surface area contributed by atoms with Gasteiger partial charge in [0.2, 0.25) is 11.8 Å². The maximum atomic E-state index is 13.0. The zero-order valence-electron chi connectivity index (χ0n) is 18.3. The van der Waals surface area contributed by atoms with Crippen LogP contribution in [0.5, 0.6) is 0 Å². The largest absolute Gasteiger partial charge is 0.350 e. The van der Waals surface area contributed by atoms with Crippen molar-refractivity contribution in [3.05, 3.63) is 58.6 Å². The van der Waals surface area contributed by atoms with Gasteiger partial charge in [-0.25, -0.2) is 0 Å². The molecule has 8 heteroatoms. The molecule has 0 saturated heterocycles. The molecule has 0 heterocycles. The number of likely N-dealkylation sites (N-methyl/N-ethyl adjacent to an activating group) is 1. The van der Waals surface area contributed by atoms with E-state index in [0.29, 0.717) is 28.5 Å². The topological polar surface area (TPSA) is 90.5 Å². The quantitative estimate of drug-likeness (QED) is 0.543. The van der Waals surface area contributed by atoms with Crippen molar-refractivity contribution in [2.24, 2.45) is 0 Å². The summed E-state index contributed by atoms with van der Waals surface area (Å²) in [6.07, 6.45) is 0. The minimum Gasteiger partial charge on any atom is -0.350 e. The average molecular weight is 445 g/mol. The molecule has 0 bridgehead atoms. The van der Waals surface area contributed by atoms with Crippen LogP contribution in [0.25, 0.3) is 0 Å². The molecule has 0 aliphatic rings. The number of anilines is 2. The fourth-order valence-corrected chi connectivity index (χ4v) is 3.71. The molecule has 166 valence electrons. The molecule has 7 nitrogen and oxygen atoms in total. The predicted octanol–water partition coefficient (Wildman–Crippen LogP) is 4.07. The van der Waals surface area contributed by atoms with Crippen LogP contribution in [0.3, 0.4) is 0 Å². The molecule has 0 radical (unpaired) electrons. The number of amides is 3. The van der Waals surface area contributed by atoms with E-state index in [2.05, 4.69) is 34.7 Å². The Morgan fingerprint density at radius 2 is 1.48 bits per heavy atom. The van der Waals surface area contributed by atoms with Gasteiger partial charge >= 0.3 is 0 Å². The van der Waals surface area contributed by atoms with Crippen LogP contribution in [0.15, 0.2) is 42.5 Å². The second kappa shape index (κ2) is 11.5. The van der Waals surface area contributed by atoms with Crippen LogP contribution in [-0.4, -0.2) is 42.3 Å². The van der Waals surface area contributed by atoms with Crippen LogP contribution < -0.4 is 16.0 Å². The fraction of sp³-hybridized carbons (Fsp3) is 0.348. The van der Waals surface area contributed by atoms with Crippen molar-refractivity contribution in [3.63, 3.8) is 0 Å². The van der Waals surface area contributed by atoms with E-state index >= 15 is 0 Å². The van der Waals surface area contributed by atoms with Gasteiger partial charge in [-0.05, 0) is 42.9 Å². The first-order chi connectivity index (χ1) is 14.7. The first-order valence-corrected chi connectivity index (χ1v) is 10.6. The summed E-state index contributed by atoms with van der Waals surface area (Å²) in [6.45, 7) is 8.83. The summed E-state index contributed by atoms with van der Waals surface area (Å²) in [4.78, 5) is 38.1. The summed E-state index contributed by atoms with van der Waals surface area (Å²) in [5, 5.41) is 8.92. The van der Waals surface area contributed by atoms with Gasteiger partial charge in [0.15, 0.2) is 0 Å². The van der Waals surface area contributed by atoms with Gasteiger partial charge in [0.1, 0.15) is 0 Å². The van der Waals surface area contributed by atoms with Crippen LogP contribution in [0.4, 0.5) is 11.4 Å². The summed E-state index contributed by atoms with van der Waals surface area (Å²) in [5.41, 5.74) is 2.12. The van der Waals surface area contributed by atoms with E-state index in [1.165, 1.54) is 13.8 Å². The van der Waals surface area contributed by atoms with E-state index < -0.39 is 0 Å². The number of benzene rings is 2. The number of halogens is 1. The van der Waals surface area contributed by atoms with E-state index in [-0.39, 0.29) is 23.8 Å². The normalized spacial score (nSPS) is 11.7. The molecule has 1 atom stereocenters. The molecule has 1 unspecified atom stereocenters. The van der Waals surface area contributed by atoms with Gasteiger partial charge in [0.25, 0.3) is 5.91 Å². The zero-order chi connectivity index (χ0) is 23.0. The van der Waals surface area contributed by atoms with Crippen LogP contribution in [-0.2, 0) is 9.59 Å². The molecular formula is C23H29ClN4O3. The fourth-order valence-electron chi connectivity index (χ4n) is 3.45. The van der Waals surface area contributed by atoms with Gasteiger partial charge < -0.3 is 16.0 Å². The van der Waals surface area contributed by atoms with Crippen molar-refractivity contribution in [2.75, 3.05) is 30.3 Å². The van der Waals surface area contributed by atoms with Crippen molar-refractivity contribution >= 4 is 40.7 Å². The minimum atomic E-state index is -0.317. The molecule has 31 heavy (non-hydrogen) atoms. The smallest absolute Gasteiger partial charge is 0.251 e. The Bertz CT molecular complexity index is 910. The minimum absolute atomic E-state index is 0.0963. The van der Waals surface area contributed by atoms with E-state index in [0.717, 1.165) is 18.7 Å². The second-order valence-electron chi connectivity index (χ2n) is 7.13. The van der Waals surface area contributed by atoms with E-state index in [4.69, 9.17) is 11.6 Å². The summed E-state index contributed by atoms with van der Waals surface area (Å²) >= 11 is 6.43. The predicted molar refractivity (Wildman–Crippen MR) is 124 cm³/mol. The first kappa shape index (κ1) is 24.4. The number of carbonyl (C=O) groups is 3. The Hall–Kier alpha value is -2.90. The highest BCUT2D eigenvalue weighted by Gasteiger charge is 2.21.